The third-order valence-corrected chi connectivity index (χ3v) is 1.83. The predicted octanol–water partition coefficient (Wildman–Crippen LogP) is 0.122. The summed E-state index contributed by atoms with van der Waals surface area (Å²) < 4.78 is 30.2. The van der Waals surface area contributed by atoms with Crippen LogP contribution in [0.1, 0.15) is 13.3 Å². The molecule has 0 aliphatic heterocycles. The highest BCUT2D eigenvalue weighted by molar-refractivity contribution is 5.81. The molecule has 0 radical (unpaired) electrons. The van der Waals surface area contributed by atoms with Gasteiger partial charge < -0.3 is 15.8 Å². The fourth-order valence-electron chi connectivity index (χ4n) is 0.882. The van der Waals surface area contributed by atoms with Crippen LogP contribution in [0.3, 0.4) is 0 Å². The van der Waals surface area contributed by atoms with Crippen LogP contribution in [0.5, 0.6) is 0 Å². The molecule has 0 bridgehead atoms. The molecule has 0 spiro atoms. The first kappa shape index (κ1) is 13.2. The summed E-state index contributed by atoms with van der Waals surface area (Å²) in [6.07, 6.45) is 0.642. The minimum Gasteiger partial charge on any atom is -0.383 e. The maximum absolute atomic E-state index is 12.7. The van der Waals surface area contributed by atoms with Gasteiger partial charge in [0.05, 0.1) is 13.2 Å². The fraction of sp³-hybridized carbons (Fsp3) is 0.875. The van der Waals surface area contributed by atoms with Crippen molar-refractivity contribution in [1.82, 2.24) is 5.32 Å². The molecule has 0 saturated carbocycles. The Labute approximate surface area is 81.8 Å². The first-order valence-electron chi connectivity index (χ1n) is 4.34. The molecule has 4 nitrogen and oxygen atoms in total. The molecule has 0 rings (SSSR count). The van der Waals surface area contributed by atoms with E-state index < -0.39 is 18.4 Å². The van der Waals surface area contributed by atoms with Crippen LogP contribution < -0.4 is 11.1 Å². The Balaban J connectivity index is 3.95. The lowest BCUT2D eigenvalue weighted by atomic mass is 10.2. The molecule has 1 atom stereocenters. The Morgan fingerprint density at radius 3 is 2.57 bits per heavy atom. The maximum atomic E-state index is 12.7. The van der Waals surface area contributed by atoms with Gasteiger partial charge in [-0.25, -0.2) is 0 Å². The van der Waals surface area contributed by atoms with Gasteiger partial charge >= 0.3 is 5.92 Å². The van der Waals surface area contributed by atoms with Crippen LogP contribution in [-0.4, -0.2) is 38.1 Å². The largest absolute Gasteiger partial charge is 0.383 e. The number of carbonyl (C=O) groups is 1. The summed E-state index contributed by atoms with van der Waals surface area (Å²) in [6, 6.07) is -0.190. The Hall–Kier alpha value is -0.750. The van der Waals surface area contributed by atoms with Gasteiger partial charge in [-0.15, -0.1) is 0 Å². The molecule has 1 amide bonds. The zero-order valence-corrected chi connectivity index (χ0v) is 8.35. The van der Waals surface area contributed by atoms with Crippen molar-refractivity contribution in [3.05, 3.63) is 0 Å². The average Bonchev–Trinajstić information content (AvgIpc) is 2.12. The van der Waals surface area contributed by atoms with E-state index in [9.17, 15) is 13.6 Å². The number of primary amides is 1. The Morgan fingerprint density at radius 2 is 2.21 bits per heavy atom. The van der Waals surface area contributed by atoms with Gasteiger partial charge in [0, 0.05) is 13.2 Å². The maximum Gasteiger partial charge on any atom is 0.336 e. The number of hydrogen-bond donors (Lipinski definition) is 2. The number of carbonyl (C=O) groups excluding carboxylic acids is 1. The van der Waals surface area contributed by atoms with E-state index in [4.69, 9.17) is 4.74 Å². The SMILES string of the molecule is CCC(COC)NCC(F)(F)C(N)=O. The summed E-state index contributed by atoms with van der Waals surface area (Å²) in [6.45, 7) is 1.41. The van der Waals surface area contributed by atoms with Crippen molar-refractivity contribution < 1.29 is 18.3 Å². The quantitative estimate of drug-likeness (QED) is 0.627. The third kappa shape index (κ3) is 4.48. The highest BCUT2D eigenvalue weighted by Gasteiger charge is 2.36. The first-order chi connectivity index (χ1) is 6.44. The van der Waals surface area contributed by atoms with Crippen LogP contribution in [0.2, 0.25) is 0 Å². The van der Waals surface area contributed by atoms with Crippen molar-refractivity contribution in [2.24, 2.45) is 5.73 Å². The van der Waals surface area contributed by atoms with Gasteiger partial charge in [-0.1, -0.05) is 6.92 Å². The van der Waals surface area contributed by atoms with E-state index in [0.29, 0.717) is 13.0 Å². The third-order valence-electron chi connectivity index (χ3n) is 1.83. The molecular weight excluding hydrogens is 194 g/mol. The van der Waals surface area contributed by atoms with Crippen molar-refractivity contribution in [1.29, 1.82) is 0 Å². The van der Waals surface area contributed by atoms with Crippen molar-refractivity contribution >= 4 is 5.91 Å². The molecule has 0 saturated heterocycles. The van der Waals surface area contributed by atoms with Gasteiger partial charge in [0.25, 0.3) is 5.91 Å². The number of alkyl halides is 2. The molecule has 1 unspecified atom stereocenters. The normalized spacial score (nSPS) is 14.0. The number of nitrogens with one attached hydrogen (secondary N) is 1. The molecule has 0 aromatic rings. The minimum absolute atomic E-state index is 0.190. The Morgan fingerprint density at radius 1 is 1.64 bits per heavy atom. The molecule has 0 aliphatic carbocycles. The molecule has 14 heavy (non-hydrogen) atoms. The molecule has 3 N–H and O–H groups in total. The van der Waals surface area contributed by atoms with Crippen LogP contribution in [-0.2, 0) is 9.53 Å². The number of methoxy groups -OCH3 is 1. The van der Waals surface area contributed by atoms with Gasteiger partial charge in [0.15, 0.2) is 0 Å². The summed E-state index contributed by atoms with van der Waals surface area (Å²) >= 11 is 0. The summed E-state index contributed by atoms with van der Waals surface area (Å²) in [5, 5.41) is 2.52. The van der Waals surface area contributed by atoms with E-state index in [0.717, 1.165) is 0 Å². The summed E-state index contributed by atoms with van der Waals surface area (Å²) in [7, 11) is 1.48. The second-order valence-corrected chi connectivity index (χ2v) is 3.01. The van der Waals surface area contributed by atoms with E-state index in [1.54, 1.807) is 0 Å². The number of halogens is 2. The number of nitrogens with two attached hydrogens (primary N) is 1. The van der Waals surface area contributed by atoms with Crippen LogP contribution in [0.15, 0.2) is 0 Å². The van der Waals surface area contributed by atoms with Crippen LogP contribution >= 0.6 is 0 Å². The lowest BCUT2D eigenvalue weighted by molar-refractivity contribution is -0.141. The van der Waals surface area contributed by atoms with Crippen LogP contribution in [0.25, 0.3) is 0 Å². The number of rotatable bonds is 7. The fourth-order valence-corrected chi connectivity index (χ4v) is 0.882. The molecule has 0 fully saturated rings. The lowest BCUT2D eigenvalue weighted by Crippen LogP contribution is -2.47. The highest BCUT2D eigenvalue weighted by Crippen LogP contribution is 2.11. The molecule has 0 aromatic heterocycles. The van der Waals surface area contributed by atoms with E-state index >= 15 is 0 Å². The molecular formula is C8H16F2N2O2. The Bertz CT molecular complexity index is 188. The van der Waals surface area contributed by atoms with E-state index in [2.05, 4.69) is 11.1 Å². The van der Waals surface area contributed by atoms with Gasteiger partial charge in [0.2, 0.25) is 0 Å². The van der Waals surface area contributed by atoms with Crippen molar-refractivity contribution in [2.75, 3.05) is 20.3 Å². The van der Waals surface area contributed by atoms with E-state index in [1.807, 2.05) is 6.92 Å². The zero-order chi connectivity index (χ0) is 11.2. The second kappa shape index (κ2) is 5.87. The highest BCUT2D eigenvalue weighted by atomic mass is 19.3. The van der Waals surface area contributed by atoms with Gasteiger partial charge in [-0.2, -0.15) is 8.78 Å². The standard InChI is InChI=1S/C8H16F2N2O2/c1-3-6(4-14-2)12-5-8(9,10)7(11)13/h6,12H,3-5H2,1-2H3,(H2,11,13). The van der Waals surface area contributed by atoms with Crippen molar-refractivity contribution in [3.63, 3.8) is 0 Å². The van der Waals surface area contributed by atoms with Crippen molar-refractivity contribution in [2.45, 2.75) is 25.3 Å². The molecule has 6 heteroatoms. The van der Waals surface area contributed by atoms with Gasteiger partial charge in [-0.05, 0) is 6.42 Å². The predicted molar refractivity (Wildman–Crippen MR) is 48.1 cm³/mol. The topological polar surface area (TPSA) is 64.3 Å². The zero-order valence-electron chi connectivity index (χ0n) is 8.35. The first-order valence-corrected chi connectivity index (χ1v) is 4.34. The van der Waals surface area contributed by atoms with E-state index in [1.165, 1.54) is 7.11 Å². The Kier molecular flexibility index (Phi) is 5.56. The summed E-state index contributed by atoms with van der Waals surface area (Å²) in [5.74, 6) is -5.11. The molecule has 84 valence electrons. The second-order valence-electron chi connectivity index (χ2n) is 3.01. The van der Waals surface area contributed by atoms with Crippen molar-refractivity contribution in [3.8, 4) is 0 Å². The monoisotopic (exact) mass is 210 g/mol. The molecule has 0 aromatic carbocycles. The average molecular weight is 210 g/mol. The van der Waals surface area contributed by atoms with Crippen LogP contribution in [0.4, 0.5) is 8.78 Å². The van der Waals surface area contributed by atoms with E-state index in [-0.39, 0.29) is 6.04 Å². The smallest absolute Gasteiger partial charge is 0.336 e. The summed E-state index contributed by atoms with van der Waals surface area (Å²) in [5.41, 5.74) is 4.51. The summed E-state index contributed by atoms with van der Waals surface area (Å²) in [4.78, 5) is 10.3. The number of ether oxygens (including phenoxy) is 1. The van der Waals surface area contributed by atoms with Crippen LogP contribution in [0, 0.1) is 0 Å². The van der Waals surface area contributed by atoms with Gasteiger partial charge in [0.1, 0.15) is 0 Å². The molecule has 0 aliphatic rings. The van der Waals surface area contributed by atoms with Gasteiger partial charge in [-0.3, -0.25) is 4.79 Å². The molecule has 0 heterocycles. The number of hydrogen-bond acceptors (Lipinski definition) is 3. The lowest BCUT2D eigenvalue weighted by Gasteiger charge is -2.19. The number of amides is 1. The minimum atomic E-state index is -3.50.